The zero-order valence-electron chi connectivity index (χ0n) is 18.2. The number of hydrogen-bond acceptors (Lipinski definition) is 6. The van der Waals surface area contributed by atoms with Crippen molar-refractivity contribution in [1.82, 2.24) is 24.3 Å². The average molecular weight is 441 g/mol. The summed E-state index contributed by atoms with van der Waals surface area (Å²) in [6.07, 6.45) is 5.45. The molecule has 0 amide bonds. The summed E-state index contributed by atoms with van der Waals surface area (Å²) in [6, 6.07) is 19.1. The van der Waals surface area contributed by atoms with Crippen LogP contribution in [0.4, 0.5) is 0 Å². The topological polar surface area (TPSA) is 87.5 Å². The summed E-state index contributed by atoms with van der Waals surface area (Å²) in [5, 5.41) is 8.62. The summed E-state index contributed by atoms with van der Waals surface area (Å²) in [5.74, 6) is 1.61. The van der Waals surface area contributed by atoms with Crippen LogP contribution in [0.25, 0.3) is 28.2 Å². The first-order valence-corrected chi connectivity index (χ1v) is 10.9. The second kappa shape index (κ2) is 9.12. The molecule has 0 atom stereocenters. The largest absolute Gasteiger partial charge is 0.493 e. The number of fused-ring (bicyclic) bond motifs is 1. The molecule has 166 valence electrons. The van der Waals surface area contributed by atoms with E-state index in [1.165, 1.54) is 4.57 Å². The molecule has 0 aliphatic heterocycles. The fourth-order valence-electron chi connectivity index (χ4n) is 3.58. The molecule has 2 aromatic carbocycles. The number of benzene rings is 2. The Morgan fingerprint density at radius 1 is 1.03 bits per heavy atom. The third kappa shape index (κ3) is 4.27. The van der Waals surface area contributed by atoms with Crippen LogP contribution in [0.2, 0.25) is 0 Å². The highest BCUT2D eigenvalue weighted by Crippen LogP contribution is 2.29. The van der Waals surface area contributed by atoms with Crippen LogP contribution in [0.1, 0.15) is 25.7 Å². The van der Waals surface area contributed by atoms with Gasteiger partial charge in [-0.05, 0) is 24.6 Å². The number of para-hydroxylation sites is 1. The molecule has 33 heavy (non-hydrogen) atoms. The standard InChI is InChI=1S/C25H23N5O3/c1-2-3-15-32-22-12-8-7-11-19(22)20-16-21-25(31)29(13-14-30(21)27-20)17-23-26-24(28-33-23)18-9-5-4-6-10-18/h4-14,16H,2-3,15,17H2,1H3. The van der Waals surface area contributed by atoms with Crippen molar-refractivity contribution in [3.05, 3.63) is 89.3 Å². The van der Waals surface area contributed by atoms with Gasteiger partial charge in [0.15, 0.2) is 0 Å². The summed E-state index contributed by atoms with van der Waals surface area (Å²) in [5.41, 5.74) is 2.66. The Morgan fingerprint density at radius 2 is 1.85 bits per heavy atom. The van der Waals surface area contributed by atoms with Crippen molar-refractivity contribution in [1.29, 1.82) is 0 Å². The Morgan fingerprint density at radius 3 is 2.70 bits per heavy atom. The van der Waals surface area contributed by atoms with Gasteiger partial charge in [-0.2, -0.15) is 10.1 Å². The zero-order chi connectivity index (χ0) is 22.6. The summed E-state index contributed by atoms with van der Waals surface area (Å²) in [6.45, 7) is 2.94. The lowest BCUT2D eigenvalue weighted by Gasteiger charge is -2.09. The Balaban J connectivity index is 1.43. The lowest BCUT2D eigenvalue weighted by Crippen LogP contribution is -2.21. The smallest absolute Gasteiger partial charge is 0.277 e. The summed E-state index contributed by atoms with van der Waals surface area (Å²) in [7, 11) is 0. The highest BCUT2D eigenvalue weighted by Gasteiger charge is 2.15. The fraction of sp³-hybridized carbons (Fsp3) is 0.200. The molecule has 8 nitrogen and oxygen atoms in total. The van der Waals surface area contributed by atoms with E-state index in [0.717, 1.165) is 29.7 Å². The average Bonchev–Trinajstić information content (AvgIpc) is 3.50. The first kappa shape index (κ1) is 20.7. The molecule has 5 rings (SSSR count). The summed E-state index contributed by atoms with van der Waals surface area (Å²) >= 11 is 0. The first-order chi connectivity index (χ1) is 16.2. The number of aromatic nitrogens is 5. The molecule has 3 heterocycles. The predicted octanol–water partition coefficient (Wildman–Crippen LogP) is 4.44. The molecular weight excluding hydrogens is 418 g/mol. The fourth-order valence-corrected chi connectivity index (χ4v) is 3.58. The molecule has 8 heteroatoms. The Bertz CT molecular complexity index is 1440. The molecule has 0 spiro atoms. The minimum absolute atomic E-state index is 0.173. The molecule has 0 aliphatic carbocycles. The second-order valence-electron chi connectivity index (χ2n) is 7.67. The van der Waals surface area contributed by atoms with Crippen LogP contribution >= 0.6 is 0 Å². The Kier molecular flexibility index (Phi) is 5.72. The normalized spacial score (nSPS) is 11.2. The van der Waals surface area contributed by atoms with E-state index >= 15 is 0 Å². The number of hydrogen-bond donors (Lipinski definition) is 0. The van der Waals surface area contributed by atoms with Gasteiger partial charge in [0.1, 0.15) is 17.8 Å². The maximum atomic E-state index is 13.1. The van der Waals surface area contributed by atoms with Crippen molar-refractivity contribution in [2.45, 2.75) is 26.3 Å². The number of nitrogens with zero attached hydrogens (tertiary/aromatic N) is 5. The van der Waals surface area contributed by atoms with Crippen LogP contribution < -0.4 is 10.3 Å². The number of unbranched alkanes of at least 4 members (excludes halogenated alkanes) is 1. The Hall–Kier alpha value is -4.20. The first-order valence-electron chi connectivity index (χ1n) is 10.9. The second-order valence-corrected chi connectivity index (χ2v) is 7.67. The minimum Gasteiger partial charge on any atom is -0.493 e. The van der Waals surface area contributed by atoms with Crippen LogP contribution in [0.5, 0.6) is 5.75 Å². The van der Waals surface area contributed by atoms with E-state index in [1.807, 2.05) is 54.6 Å². The van der Waals surface area contributed by atoms with Crippen molar-refractivity contribution in [2.75, 3.05) is 6.61 Å². The quantitative estimate of drug-likeness (QED) is 0.331. The lowest BCUT2D eigenvalue weighted by atomic mass is 10.1. The van der Waals surface area contributed by atoms with E-state index in [-0.39, 0.29) is 12.1 Å². The summed E-state index contributed by atoms with van der Waals surface area (Å²) < 4.78 is 14.4. The van der Waals surface area contributed by atoms with Gasteiger partial charge >= 0.3 is 0 Å². The van der Waals surface area contributed by atoms with Gasteiger partial charge in [-0.15, -0.1) is 0 Å². The van der Waals surface area contributed by atoms with E-state index in [1.54, 1.807) is 23.0 Å². The maximum absolute atomic E-state index is 13.1. The molecule has 0 unspecified atom stereocenters. The van der Waals surface area contributed by atoms with Gasteiger partial charge in [-0.3, -0.25) is 4.79 Å². The minimum atomic E-state index is -0.194. The van der Waals surface area contributed by atoms with Gasteiger partial charge in [0, 0.05) is 23.5 Å². The van der Waals surface area contributed by atoms with E-state index in [4.69, 9.17) is 9.26 Å². The molecule has 0 saturated heterocycles. The van der Waals surface area contributed by atoms with Gasteiger partial charge < -0.3 is 13.8 Å². The summed E-state index contributed by atoms with van der Waals surface area (Å²) in [4.78, 5) is 17.6. The molecule has 0 aliphatic rings. The molecular formula is C25H23N5O3. The number of ether oxygens (including phenoxy) is 1. The monoisotopic (exact) mass is 441 g/mol. The van der Waals surface area contributed by atoms with E-state index in [0.29, 0.717) is 29.5 Å². The van der Waals surface area contributed by atoms with E-state index < -0.39 is 0 Å². The van der Waals surface area contributed by atoms with Crippen molar-refractivity contribution >= 4 is 5.52 Å². The van der Waals surface area contributed by atoms with E-state index in [9.17, 15) is 4.79 Å². The SMILES string of the molecule is CCCCOc1ccccc1-c1cc2c(=O)n(Cc3nc(-c4ccccc4)no3)ccn2n1. The molecule has 0 radical (unpaired) electrons. The van der Waals surface area contributed by atoms with E-state index in [2.05, 4.69) is 22.2 Å². The molecule has 0 fully saturated rings. The highest BCUT2D eigenvalue weighted by atomic mass is 16.5. The third-order valence-electron chi connectivity index (χ3n) is 5.33. The van der Waals surface area contributed by atoms with Gasteiger partial charge in [-0.1, -0.05) is 61.0 Å². The predicted molar refractivity (Wildman–Crippen MR) is 124 cm³/mol. The van der Waals surface area contributed by atoms with Crippen molar-refractivity contribution < 1.29 is 9.26 Å². The van der Waals surface area contributed by atoms with Crippen LogP contribution in [0, 0.1) is 0 Å². The van der Waals surface area contributed by atoms with Crippen molar-refractivity contribution in [2.24, 2.45) is 0 Å². The van der Waals surface area contributed by atoms with Crippen LogP contribution in [0.15, 0.2) is 82.4 Å². The van der Waals surface area contributed by atoms with Gasteiger partial charge in [0.2, 0.25) is 11.7 Å². The van der Waals surface area contributed by atoms with Gasteiger partial charge in [0.25, 0.3) is 5.56 Å². The van der Waals surface area contributed by atoms with Crippen molar-refractivity contribution in [3.63, 3.8) is 0 Å². The lowest BCUT2D eigenvalue weighted by molar-refractivity contribution is 0.310. The highest BCUT2D eigenvalue weighted by molar-refractivity contribution is 5.71. The molecule has 0 saturated carbocycles. The molecule has 0 N–H and O–H groups in total. The van der Waals surface area contributed by atoms with Gasteiger partial charge in [-0.25, -0.2) is 4.52 Å². The third-order valence-corrected chi connectivity index (χ3v) is 5.33. The molecule has 5 aromatic rings. The zero-order valence-corrected chi connectivity index (χ0v) is 18.2. The molecule has 3 aromatic heterocycles. The van der Waals surface area contributed by atoms with Crippen molar-refractivity contribution in [3.8, 4) is 28.4 Å². The van der Waals surface area contributed by atoms with Gasteiger partial charge in [0.05, 0.1) is 12.3 Å². The van der Waals surface area contributed by atoms with Crippen LogP contribution in [-0.4, -0.2) is 30.9 Å². The van der Waals surface area contributed by atoms with Crippen LogP contribution in [-0.2, 0) is 6.54 Å². The van der Waals surface area contributed by atoms with Crippen LogP contribution in [0.3, 0.4) is 0 Å². The maximum Gasteiger partial charge on any atom is 0.277 e. The number of rotatable bonds is 8. The molecule has 0 bridgehead atoms. The Labute approximate surface area is 190 Å².